The molecule has 2 aliphatic heterocycles. The number of carbonyl (C=O) groups is 3. The molecule has 34 heavy (non-hydrogen) atoms. The minimum absolute atomic E-state index is 0.0228. The summed E-state index contributed by atoms with van der Waals surface area (Å²) in [5.74, 6) is -0.756. The number of hydrogen-bond acceptors (Lipinski definition) is 7. The van der Waals surface area contributed by atoms with Gasteiger partial charge in [0, 0.05) is 23.6 Å². The number of rotatable bonds is 6. The molecular formula is C24H21ClN4O4S. The third-order valence-corrected chi connectivity index (χ3v) is 7.11. The number of fused-ring (bicyclic) bond motifs is 1. The summed E-state index contributed by atoms with van der Waals surface area (Å²) in [6, 6.07) is 12.8. The summed E-state index contributed by atoms with van der Waals surface area (Å²) in [6.07, 6.45) is 2.28. The highest BCUT2D eigenvalue weighted by molar-refractivity contribution is 7.09. The molecule has 0 saturated carbocycles. The summed E-state index contributed by atoms with van der Waals surface area (Å²) in [6.45, 7) is 0.444. The third kappa shape index (κ3) is 4.59. The molecule has 1 aromatic heterocycles. The van der Waals surface area contributed by atoms with Crippen molar-refractivity contribution in [3.63, 3.8) is 0 Å². The number of carbonyl (C=O) groups excluding carboxylic acids is 3. The van der Waals surface area contributed by atoms with E-state index >= 15 is 0 Å². The van der Waals surface area contributed by atoms with Crippen molar-refractivity contribution in [3.05, 3.63) is 70.9 Å². The number of nitrogens with one attached hydrogen (secondary N) is 1. The number of Topliss-reactive ketones (excluding diaryl/α,β-unsaturated/α-hetero) is 1. The van der Waals surface area contributed by atoms with Crippen LogP contribution in [0, 0.1) is 0 Å². The van der Waals surface area contributed by atoms with Crippen molar-refractivity contribution in [2.24, 2.45) is 0 Å². The Hall–Kier alpha value is -3.14. The van der Waals surface area contributed by atoms with Gasteiger partial charge in [-0.25, -0.2) is 0 Å². The second-order valence-corrected chi connectivity index (χ2v) is 9.52. The molecule has 2 saturated heterocycles. The van der Waals surface area contributed by atoms with Crippen LogP contribution in [0.5, 0.6) is 0 Å². The van der Waals surface area contributed by atoms with Gasteiger partial charge in [0.05, 0.1) is 17.2 Å². The molecule has 1 N–H and O–H groups in total. The predicted octanol–water partition coefficient (Wildman–Crippen LogP) is 2.77. The van der Waals surface area contributed by atoms with E-state index in [9.17, 15) is 14.4 Å². The van der Waals surface area contributed by atoms with Crippen LogP contribution < -0.4 is 5.32 Å². The summed E-state index contributed by atoms with van der Waals surface area (Å²) >= 11 is 7.27. The number of amides is 2. The lowest BCUT2D eigenvalue weighted by molar-refractivity contribution is -0.138. The fraction of sp³-hybridized carbons (Fsp3) is 0.292. The number of nitrogens with zero attached hydrogens (tertiary/aromatic N) is 3. The number of benzene rings is 2. The topological polar surface area (TPSA) is 101 Å². The summed E-state index contributed by atoms with van der Waals surface area (Å²) in [7, 11) is 0. The van der Waals surface area contributed by atoms with E-state index in [1.54, 1.807) is 35.4 Å². The standard InChI is InChI=1S/C24H21ClN4O4S/c25-17-7-1-14(2-8-17)11-18(24(32)29-10-9-20-22(29)19(30)13-33-20)27-23(31)16-5-3-15(4-6-16)21-12-26-28-34-21/h1-8,12,18,20,22H,9-11,13H2,(H,27,31). The van der Waals surface area contributed by atoms with Crippen LogP contribution in [-0.4, -0.2) is 63.4 Å². The SMILES string of the molecule is O=C(NC(Cc1ccc(Cl)cc1)C(=O)N1CCC2OCC(=O)C21)c1ccc(-c2cnns2)cc1. The minimum Gasteiger partial charge on any atom is -0.368 e. The average molecular weight is 497 g/mol. The Morgan fingerprint density at radius 3 is 2.65 bits per heavy atom. The molecule has 5 rings (SSSR count). The van der Waals surface area contributed by atoms with Gasteiger partial charge in [-0.15, -0.1) is 5.10 Å². The minimum atomic E-state index is -0.841. The van der Waals surface area contributed by atoms with E-state index in [2.05, 4.69) is 14.9 Å². The molecule has 10 heteroatoms. The van der Waals surface area contributed by atoms with Crippen LogP contribution in [0.1, 0.15) is 22.3 Å². The van der Waals surface area contributed by atoms with E-state index in [0.29, 0.717) is 23.6 Å². The number of ether oxygens (including phenoxy) is 1. The maximum absolute atomic E-state index is 13.5. The lowest BCUT2D eigenvalue weighted by Crippen LogP contribution is -2.53. The molecule has 2 amide bonds. The lowest BCUT2D eigenvalue weighted by atomic mass is 10.0. The molecule has 0 aliphatic carbocycles. The zero-order valence-electron chi connectivity index (χ0n) is 18.0. The highest BCUT2D eigenvalue weighted by Gasteiger charge is 2.48. The zero-order chi connectivity index (χ0) is 23.7. The van der Waals surface area contributed by atoms with Gasteiger partial charge in [0.1, 0.15) is 18.7 Å². The van der Waals surface area contributed by atoms with Gasteiger partial charge >= 0.3 is 0 Å². The van der Waals surface area contributed by atoms with Crippen LogP contribution in [0.3, 0.4) is 0 Å². The summed E-state index contributed by atoms with van der Waals surface area (Å²) < 4.78 is 9.37. The molecular weight excluding hydrogens is 476 g/mol. The van der Waals surface area contributed by atoms with Crippen LogP contribution in [0.15, 0.2) is 54.7 Å². The average Bonchev–Trinajstić information content (AvgIpc) is 3.60. The van der Waals surface area contributed by atoms with E-state index in [-0.39, 0.29) is 36.7 Å². The predicted molar refractivity (Wildman–Crippen MR) is 127 cm³/mol. The fourth-order valence-electron chi connectivity index (χ4n) is 4.42. The van der Waals surface area contributed by atoms with Crippen molar-refractivity contribution in [2.45, 2.75) is 31.0 Å². The van der Waals surface area contributed by atoms with E-state index in [1.165, 1.54) is 11.5 Å². The van der Waals surface area contributed by atoms with Crippen LogP contribution in [-0.2, 0) is 20.7 Å². The van der Waals surface area contributed by atoms with Crippen molar-refractivity contribution in [1.29, 1.82) is 0 Å². The van der Waals surface area contributed by atoms with Gasteiger partial charge < -0.3 is 15.0 Å². The fourth-order valence-corrected chi connectivity index (χ4v) is 5.06. The van der Waals surface area contributed by atoms with Crippen molar-refractivity contribution < 1.29 is 19.1 Å². The number of ketones is 1. The zero-order valence-corrected chi connectivity index (χ0v) is 19.6. The maximum Gasteiger partial charge on any atom is 0.251 e. The Morgan fingerprint density at radius 2 is 1.94 bits per heavy atom. The van der Waals surface area contributed by atoms with Gasteiger partial charge in [-0.05, 0) is 53.3 Å². The van der Waals surface area contributed by atoms with Crippen LogP contribution >= 0.6 is 23.1 Å². The maximum atomic E-state index is 13.5. The largest absolute Gasteiger partial charge is 0.368 e. The Bertz CT molecular complexity index is 1200. The van der Waals surface area contributed by atoms with Crippen molar-refractivity contribution in [3.8, 4) is 10.4 Å². The number of hydrogen-bond donors (Lipinski definition) is 1. The number of aromatic nitrogens is 2. The molecule has 3 unspecified atom stereocenters. The molecule has 8 nitrogen and oxygen atoms in total. The van der Waals surface area contributed by atoms with Crippen molar-refractivity contribution in [2.75, 3.05) is 13.2 Å². The molecule has 3 heterocycles. The first-order chi connectivity index (χ1) is 16.5. The van der Waals surface area contributed by atoms with E-state index in [0.717, 1.165) is 16.0 Å². The normalized spacial score (nSPS) is 20.3. The highest BCUT2D eigenvalue weighted by atomic mass is 35.5. The first-order valence-corrected chi connectivity index (χ1v) is 12.0. The lowest BCUT2D eigenvalue weighted by Gasteiger charge is -2.27. The highest BCUT2D eigenvalue weighted by Crippen LogP contribution is 2.28. The molecule has 2 fully saturated rings. The van der Waals surface area contributed by atoms with Crippen molar-refractivity contribution in [1.82, 2.24) is 19.8 Å². The monoisotopic (exact) mass is 496 g/mol. The van der Waals surface area contributed by atoms with Gasteiger partial charge in [0.15, 0.2) is 5.78 Å². The molecule has 174 valence electrons. The van der Waals surface area contributed by atoms with Gasteiger partial charge in [-0.1, -0.05) is 40.4 Å². The van der Waals surface area contributed by atoms with E-state index in [1.807, 2.05) is 24.3 Å². The first-order valence-electron chi connectivity index (χ1n) is 10.9. The summed E-state index contributed by atoms with van der Waals surface area (Å²) in [5, 5.41) is 7.30. The van der Waals surface area contributed by atoms with Gasteiger partial charge in [-0.3, -0.25) is 14.4 Å². The molecule has 2 aliphatic rings. The summed E-state index contributed by atoms with van der Waals surface area (Å²) in [5.41, 5.74) is 2.18. The molecule has 0 radical (unpaired) electrons. The molecule has 0 spiro atoms. The Kier molecular flexibility index (Phi) is 6.40. The Morgan fingerprint density at radius 1 is 1.18 bits per heavy atom. The molecule has 2 aromatic carbocycles. The number of likely N-dealkylation sites (tertiary alicyclic amines) is 1. The Labute approximate surface area is 205 Å². The van der Waals surface area contributed by atoms with Crippen LogP contribution in [0.2, 0.25) is 5.02 Å². The third-order valence-electron chi connectivity index (χ3n) is 6.14. The molecule has 3 aromatic rings. The second kappa shape index (κ2) is 9.61. The second-order valence-electron chi connectivity index (χ2n) is 8.30. The van der Waals surface area contributed by atoms with Crippen molar-refractivity contribution >= 4 is 40.7 Å². The van der Waals surface area contributed by atoms with E-state index in [4.69, 9.17) is 16.3 Å². The van der Waals surface area contributed by atoms with Gasteiger partial charge in [-0.2, -0.15) is 0 Å². The van der Waals surface area contributed by atoms with Crippen LogP contribution in [0.25, 0.3) is 10.4 Å². The molecule has 3 atom stereocenters. The first kappa shape index (κ1) is 22.6. The van der Waals surface area contributed by atoms with Gasteiger partial charge in [0.25, 0.3) is 5.91 Å². The summed E-state index contributed by atoms with van der Waals surface area (Å²) in [4.78, 5) is 41.4. The van der Waals surface area contributed by atoms with Gasteiger partial charge in [0.2, 0.25) is 5.91 Å². The Balaban J connectivity index is 1.36. The molecule has 0 bridgehead atoms. The smallest absolute Gasteiger partial charge is 0.251 e. The van der Waals surface area contributed by atoms with E-state index < -0.39 is 12.1 Å². The quantitative estimate of drug-likeness (QED) is 0.563. The number of halogens is 1. The van der Waals surface area contributed by atoms with Crippen LogP contribution in [0.4, 0.5) is 0 Å².